The smallest absolute Gasteiger partial charge is 0.350 e. The van der Waals surface area contributed by atoms with Gasteiger partial charge < -0.3 is 4.74 Å². The Morgan fingerprint density at radius 1 is 1.27 bits per heavy atom. The number of carbonyl (C=O) groups excluding carboxylic acids is 2. The maximum atomic E-state index is 12.1. The molecule has 8 heteroatoms. The average Bonchev–Trinajstić information content (AvgIpc) is 2.48. The zero-order chi connectivity index (χ0) is 16.3. The lowest BCUT2D eigenvalue weighted by molar-refractivity contribution is -0.385. The quantitative estimate of drug-likeness (QED) is 0.261. The SMILES string of the molecule is O=Cc1ccc(OC(=O)c2ccc(Cl)cc2[N+](=O)[O-])c(Br)c1. The van der Waals surface area contributed by atoms with Crippen molar-refractivity contribution in [3.63, 3.8) is 0 Å². The number of aldehydes is 1. The fourth-order valence-electron chi connectivity index (χ4n) is 1.66. The summed E-state index contributed by atoms with van der Waals surface area (Å²) in [4.78, 5) is 33.0. The molecule has 0 bridgehead atoms. The summed E-state index contributed by atoms with van der Waals surface area (Å²) >= 11 is 8.84. The van der Waals surface area contributed by atoms with Crippen LogP contribution in [0.4, 0.5) is 5.69 Å². The van der Waals surface area contributed by atoms with Crippen molar-refractivity contribution >= 4 is 45.5 Å². The molecule has 0 radical (unpaired) electrons. The molecule has 0 N–H and O–H groups in total. The van der Waals surface area contributed by atoms with Gasteiger partial charge >= 0.3 is 5.97 Å². The first-order valence-corrected chi connectivity index (χ1v) is 7.00. The van der Waals surface area contributed by atoms with Crippen LogP contribution >= 0.6 is 27.5 Å². The van der Waals surface area contributed by atoms with Crippen LogP contribution in [0.15, 0.2) is 40.9 Å². The molecule has 2 aromatic rings. The lowest BCUT2D eigenvalue weighted by Gasteiger charge is -2.07. The molecule has 2 rings (SSSR count). The highest BCUT2D eigenvalue weighted by Gasteiger charge is 2.23. The maximum absolute atomic E-state index is 12.1. The minimum atomic E-state index is -0.900. The zero-order valence-electron chi connectivity index (χ0n) is 10.8. The monoisotopic (exact) mass is 383 g/mol. The number of carbonyl (C=O) groups is 2. The van der Waals surface area contributed by atoms with Gasteiger partial charge in [0.05, 0.1) is 9.40 Å². The van der Waals surface area contributed by atoms with Gasteiger partial charge in [0.2, 0.25) is 0 Å². The van der Waals surface area contributed by atoms with Crippen molar-refractivity contribution in [1.82, 2.24) is 0 Å². The van der Waals surface area contributed by atoms with Crippen LogP contribution in [0.3, 0.4) is 0 Å². The first-order chi connectivity index (χ1) is 10.4. The molecular weight excluding hydrogens is 378 g/mol. The predicted molar refractivity (Wildman–Crippen MR) is 82.6 cm³/mol. The summed E-state index contributed by atoms with van der Waals surface area (Å²) < 4.78 is 5.49. The van der Waals surface area contributed by atoms with E-state index in [4.69, 9.17) is 16.3 Å². The van der Waals surface area contributed by atoms with Crippen LogP contribution in [0.5, 0.6) is 5.75 Å². The largest absolute Gasteiger partial charge is 0.422 e. The third-order valence-corrected chi connectivity index (χ3v) is 3.53. The van der Waals surface area contributed by atoms with Gasteiger partial charge in [-0.3, -0.25) is 14.9 Å². The van der Waals surface area contributed by atoms with Crippen LogP contribution in [0.1, 0.15) is 20.7 Å². The zero-order valence-corrected chi connectivity index (χ0v) is 13.1. The molecule has 0 heterocycles. The van der Waals surface area contributed by atoms with Gasteiger partial charge in [-0.25, -0.2) is 4.79 Å². The standard InChI is InChI=1S/C14H7BrClNO5/c15-11-5-8(7-18)1-4-13(11)22-14(19)10-3-2-9(16)6-12(10)17(20)21/h1-7H. The number of esters is 1. The van der Waals surface area contributed by atoms with E-state index < -0.39 is 16.6 Å². The number of nitro groups is 1. The summed E-state index contributed by atoms with van der Waals surface area (Å²) in [5.74, 6) is -0.761. The minimum Gasteiger partial charge on any atom is -0.422 e. The number of nitro benzene ring substituents is 1. The van der Waals surface area contributed by atoms with Gasteiger partial charge in [-0.05, 0) is 46.3 Å². The fourth-order valence-corrected chi connectivity index (χ4v) is 2.30. The van der Waals surface area contributed by atoms with E-state index in [1.807, 2.05) is 0 Å². The van der Waals surface area contributed by atoms with Crippen LogP contribution in [-0.4, -0.2) is 17.2 Å². The van der Waals surface area contributed by atoms with E-state index in [9.17, 15) is 19.7 Å². The Labute approximate surface area is 137 Å². The highest BCUT2D eigenvalue weighted by Crippen LogP contribution is 2.29. The molecule has 6 nitrogen and oxygen atoms in total. The van der Waals surface area contributed by atoms with Crippen molar-refractivity contribution in [3.8, 4) is 5.75 Å². The van der Waals surface area contributed by atoms with Crippen molar-refractivity contribution in [1.29, 1.82) is 0 Å². The van der Waals surface area contributed by atoms with Crippen LogP contribution < -0.4 is 4.74 Å². The van der Waals surface area contributed by atoms with Crippen molar-refractivity contribution in [3.05, 3.63) is 67.1 Å². The van der Waals surface area contributed by atoms with Gasteiger partial charge in [-0.15, -0.1) is 0 Å². The predicted octanol–water partition coefficient (Wildman–Crippen LogP) is 4.04. The molecule has 0 unspecified atom stereocenters. The van der Waals surface area contributed by atoms with Crippen LogP contribution in [0, 0.1) is 10.1 Å². The number of benzene rings is 2. The second-order valence-corrected chi connectivity index (χ2v) is 5.41. The summed E-state index contributed by atoms with van der Waals surface area (Å²) in [5.41, 5.74) is -0.275. The van der Waals surface area contributed by atoms with Gasteiger partial charge in [-0.1, -0.05) is 11.6 Å². The number of ether oxygens (including phenoxy) is 1. The summed E-state index contributed by atoms with van der Waals surface area (Å²) in [6.07, 6.45) is 0.639. The van der Waals surface area contributed by atoms with Crippen LogP contribution in [0.25, 0.3) is 0 Å². The summed E-state index contributed by atoms with van der Waals surface area (Å²) in [6, 6.07) is 7.98. The number of hydrogen-bond acceptors (Lipinski definition) is 5. The summed E-state index contributed by atoms with van der Waals surface area (Å²) in [6.45, 7) is 0. The Morgan fingerprint density at radius 3 is 2.59 bits per heavy atom. The number of nitrogens with zero attached hydrogens (tertiary/aromatic N) is 1. The second kappa shape index (κ2) is 6.67. The fraction of sp³-hybridized carbons (Fsp3) is 0. The molecule has 0 saturated heterocycles. The Balaban J connectivity index is 2.34. The van der Waals surface area contributed by atoms with Crippen LogP contribution in [0.2, 0.25) is 5.02 Å². The second-order valence-electron chi connectivity index (χ2n) is 4.12. The molecule has 0 amide bonds. The van der Waals surface area contributed by atoms with E-state index in [-0.39, 0.29) is 16.3 Å². The molecule has 0 spiro atoms. The van der Waals surface area contributed by atoms with Gasteiger partial charge in [-0.2, -0.15) is 0 Å². The first kappa shape index (κ1) is 16.1. The highest BCUT2D eigenvalue weighted by molar-refractivity contribution is 9.10. The number of hydrogen-bond donors (Lipinski definition) is 0. The number of halogens is 2. The number of rotatable bonds is 4. The van der Waals surface area contributed by atoms with Gasteiger partial charge in [0.15, 0.2) is 0 Å². The van der Waals surface area contributed by atoms with Gasteiger partial charge in [0.25, 0.3) is 5.69 Å². The normalized spacial score (nSPS) is 10.1. The minimum absolute atomic E-state index is 0.139. The Kier molecular flexibility index (Phi) is 4.89. The Hall–Kier alpha value is -2.25. The van der Waals surface area contributed by atoms with Crippen LogP contribution in [-0.2, 0) is 0 Å². The van der Waals surface area contributed by atoms with E-state index >= 15 is 0 Å². The van der Waals surface area contributed by atoms with E-state index in [0.717, 1.165) is 6.07 Å². The van der Waals surface area contributed by atoms with E-state index in [2.05, 4.69) is 15.9 Å². The van der Waals surface area contributed by atoms with Crippen molar-refractivity contribution < 1.29 is 19.2 Å². The molecular formula is C14H7BrClNO5. The molecule has 0 aliphatic heterocycles. The van der Waals surface area contributed by atoms with E-state index in [1.54, 1.807) is 0 Å². The van der Waals surface area contributed by atoms with Gasteiger partial charge in [0.1, 0.15) is 17.6 Å². The van der Waals surface area contributed by atoms with E-state index in [1.165, 1.54) is 30.3 Å². The highest BCUT2D eigenvalue weighted by atomic mass is 79.9. The molecule has 0 atom stereocenters. The molecule has 2 aromatic carbocycles. The molecule has 22 heavy (non-hydrogen) atoms. The first-order valence-electron chi connectivity index (χ1n) is 5.83. The van der Waals surface area contributed by atoms with Crippen molar-refractivity contribution in [2.24, 2.45) is 0 Å². The van der Waals surface area contributed by atoms with E-state index in [0.29, 0.717) is 16.3 Å². The topological polar surface area (TPSA) is 86.5 Å². The molecule has 0 aromatic heterocycles. The molecule has 112 valence electrons. The third-order valence-electron chi connectivity index (χ3n) is 2.67. The van der Waals surface area contributed by atoms with Gasteiger partial charge in [0, 0.05) is 16.7 Å². The molecule has 0 aliphatic carbocycles. The molecule has 0 fully saturated rings. The van der Waals surface area contributed by atoms with Crippen molar-refractivity contribution in [2.75, 3.05) is 0 Å². The van der Waals surface area contributed by atoms with Crippen molar-refractivity contribution in [2.45, 2.75) is 0 Å². The lowest BCUT2D eigenvalue weighted by atomic mass is 10.2. The Morgan fingerprint density at radius 2 is 2.00 bits per heavy atom. The summed E-state index contributed by atoms with van der Waals surface area (Å²) in [5, 5.41) is 11.1. The summed E-state index contributed by atoms with van der Waals surface area (Å²) in [7, 11) is 0. The molecule has 0 saturated carbocycles. The average molecular weight is 385 g/mol. The maximum Gasteiger partial charge on any atom is 0.350 e. The third kappa shape index (κ3) is 3.49. The lowest BCUT2D eigenvalue weighted by Crippen LogP contribution is -2.11. The Bertz CT molecular complexity index is 778. The molecule has 0 aliphatic rings.